The first kappa shape index (κ1) is 9.97. The van der Waals surface area contributed by atoms with Crippen molar-refractivity contribution in [3.05, 3.63) is 28.8 Å². The largest absolute Gasteiger partial charge is 0.494 e. The Hall–Kier alpha value is -1.56. The number of rotatable bonds is 2. The zero-order chi connectivity index (χ0) is 11.0. The van der Waals surface area contributed by atoms with Gasteiger partial charge in [-0.1, -0.05) is 0 Å². The third-order valence-corrected chi connectivity index (χ3v) is 2.55. The van der Waals surface area contributed by atoms with Gasteiger partial charge in [0.15, 0.2) is 0 Å². The zero-order valence-electron chi connectivity index (χ0n) is 7.77. The number of aromatic nitrogens is 2. The Morgan fingerprint density at radius 1 is 1.67 bits per heavy atom. The summed E-state index contributed by atoms with van der Waals surface area (Å²) < 4.78 is 7.04. The van der Waals surface area contributed by atoms with Crippen molar-refractivity contribution in [1.29, 1.82) is 0 Å². The van der Waals surface area contributed by atoms with E-state index in [4.69, 9.17) is 9.84 Å². The molecular formula is C9H7BrN2O3. The van der Waals surface area contributed by atoms with Crippen LogP contribution in [0, 0.1) is 0 Å². The number of fused-ring (bicyclic) bond motifs is 1. The molecule has 1 N–H and O–H groups in total. The van der Waals surface area contributed by atoms with Crippen molar-refractivity contribution in [2.75, 3.05) is 7.11 Å². The second-order valence-corrected chi connectivity index (χ2v) is 3.58. The third kappa shape index (κ3) is 1.46. The summed E-state index contributed by atoms with van der Waals surface area (Å²) >= 11 is 3.20. The summed E-state index contributed by atoms with van der Waals surface area (Å²) in [5.74, 6) is -0.552. The van der Waals surface area contributed by atoms with E-state index in [2.05, 4.69) is 20.9 Å². The van der Waals surface area contributed by atoms with Crippen LogP contribution in [0.1, 0.15) is 10.6 Å². The number of hydrogen-bond donors (Lipinski definition) is 1. The average Bonchev–Trinajstić information content (AvgIpc) is 2.56. The number of pyridine rings is 1. The quantitative estimate of drug-likeness (QED) is 0.904. The van der Waals surface area contributed by atoms with Gasteiger partial charge in [0.2, 0.25) is 5.82 Å². The molecule has 0 unspecified atom stereocenters. The third-order valence-electron chi connectivity index (χ3n) is 2.00. The van der Waals surface area contributed by atoms with E-state index in [1.165, 1.54) is 11.5 Å². The fraction of sp³-hybridized carbons (Fsp3) is 0.111. The second-order valence-electron chi connectivity index (χ2n) is 2.83. The Morgan fingerprint density at radius 2 is 2.40 bits per heavy atom. The number of halogens is 1. The SMILES string of the molecule is COc1cccn2c(C(=O)O)nc(Br)c12. The lowest BCUT2D eigenvalue weighted by atomic mass is 10.4. The van der Waals surface area contributed by atoms with Crippen LogP contribution in [0.3, 0.4) is 0 Å². The van der Waals surface area contributed by atoms with Gasteiger partial charge in [0.25, 0.3) is 0 Å². The molecule has 0 spiro atoms. The van der Waals surface area contributed by atoms with Gasteiger partial charge in [0.1, 0.15) is 15.9 Å². The van der Waals surface area contributed by atoms with E-state index < -0.39 is 5.97 Å². The summed E-state index contributed by atoms with van der Waals surface area (Å²) in [6, 6.07) is 3.44. The highest BCUT2D eigenvalue weighted by molar-refractivity contribution is 9.10. The molecule has 0 atom stereocenters. The van der Waals surface area contributed by atoms with Gasteiger partial charge in [-0.3, -0.25) is 4.40 Å². The van der Waals surface area contributed by atoms with E-state index in [-0.39, 0.29) is 5.82 Å². The minimum atomic E-state index is -1.08. The van der Waals surface area contributed by atoms with Gasteiger partial charge < -0.3 is 9.84 Å². The first-order chi connectivity index (χ1) is 7.15. The van der Waals surface area contributed by atoms with Gasteiger partial charge in [-0.25, -0.2) is 9.78 Å². The van der Waals surface area contributed by atoms with Crippen LogP contribution in [0.5, 0.6) is 5.75 Å². The Bertz CT molecular complexity index is 535. The predicted molar refractivity (Wildman–Crippen MR) is 56.4 cm³/mol. The molecule has 0 saturated heterocycles. The van der Waals surface area contributed by atoms with E-state index in [9.17, 15) is 4.79 Å². The molecule has 0 bridgehead atoms. The van der Waals surface area contributed by atoms with Crippen molar-refractivity contribution in [2.45, 2.75) is 0 Å². The lowest BCUT2D eigenvalue weighted by Gasteiger charge is -2.02. The molecule has 2 aromatic heterocycles. The molecule has 2 heterocycles. The van der Waals surface area contributed by atoms with E-state index in [1.807, 2.05) is 0 Å². The summed E-state index contributed by atoms with van der Waals surface area (Å²) in [5, 5.41) is 8.91. The lowest BCUT2D eigenvalue weighted by Crippen LogP contribution is -2.03. The van der Waals surface area contributed by atoms with Crippen molar-refractivity contribution < 1.29 is 14.6 Å². The monoisotopic (exact) mass is 270 g/mol. The van der Waals surface area contributed by atoms with Crippen molar-refractivity contribution in [2.24, 2.45) is 0 Å². The number of nitrogens with zero attached hydrogens (tertiary/aromatic N) is 2. The van der Waals surface area contributed by atoms with Crippen LogP contribution in [0.15, 0.2) is 22.9 Å². The molecule has 15 heavy (non-hydrogen) atoms. The minimum absolute atomic E-state index is 0.0456. The maximum absolute atomic E-state index is 10.9. The Balaban J connectivity index is 2.85. The van der Waals surface area contributed by atoms with E-state index in [0.717, 1.165) is 0 Å². The van der Waals surface area contributed by atoms with Crippen LogP contribution < -0.4 is 4.74 Å². The van der Waals surface area contributed by atoms with Crippen molar-refractivity contribution in [3.63, 3.8) is 0 Å². The van der Waals surface area contributed by atoms with Gasteiger partial charge in [0.05, 0.1) is 7.11 Å². The van der Waals surface area contributed by atoms with Crippen molar-refractivity contribution in [1.82, 2.24) is 9.38 Å². The number of hydrogen-bond acceptors (Lipinski definition) is 3. The van der Waals surface area contributed by atoms with Gasteiger partial charge in [-0.2, -0.15) is 0 Å². The molecule has 2 aromatic rings. The summed E-state index contributed by atoms with van der Waals surface area (Å²) in [7, 11) is 1.52. The number of carbonyl (C=O) groups is 1. The normalized spacial score (nSPS) is 10.5. The summed E-state index contributed by atoms with van der Waals surface area (Å²) in [5.41, 5.74) is 0.609. The number of imidazole rings is 1. The highest BCUT2D eigenvalue weighted by Gasteiger charge is 2.17. The molecule has 0 saturated carbocycles. The number of carboxylic acids is 1. The van der Waals surface area contributed by atoms with Gasteiger partial charge in [-0.05, 0) is 28.1 Å². The topological polar surface area (TPSA) is 63.8 Å². The maximum Gasteiger partial charge on any atom is 0.372 e. The molecule has 6 heteroatoms. The molecule has 0 aliphatic carbocycles. The van der Waals surface area contributed by atoms with Gasteiger partial charge >= 0.3 is 5.97 Å². The van der Waals surface area contributed by atoms with Crippen LogP contribution in [0.2, 0.25) is 0 Å². The minimum Gasteiger partial charge on any atom is -0.494 e. The maximum atomic E-state index is 10.9. The fourth-order valence-electron chi connectivity index (χ4n) is 1.38. The molecule has 0 aromatic carbocycles. The van der Waals surface area contributed by atoms with Crippen LogP contribution in [0.4, 0.5) is 0 Å². The van der Waals surface area contributed by atoms with Crippen LogP contribution in [0.25, 0.3) is 5.52 Å². The molecular weight excluding hydrogens is 264 g/mol. The molecule has 0 fully saturated rings. The molecule has 5 nitrogen and oxygen atoms in total. The second kappa shape index (κ2) is 3.54. The Morgan fingerprint density at radius 3 is 3.00 bits per heavy atom. The highest BCUT2D eigenvalue weighted by atomic mass is 79.9. The van der Waals surface area contributed by atoms with Crippen molar-refractivity contribution in [3.8, 4) is 5.75 Å². The molecule has 0 amide bonds. The number of methoxy groups -OCH3 is 1. The number of ether oxygens (including phenoxy) is 1. The smallest absolute Gasteiger partial charge is 0.372 e. The Kier molecular flexibility index (Phi) is 2.36. The first-order valence-corrected chi connectivity index (χ1v) is 4.88. The molecule has 2 rings (SSSR count). The molecule has 0 aliphatic rings. The highest BCUT2D eigenvalue weighted by Crippen LogP contribution is 2.27. The lowest BCUT2D eigenvalue weighted by molar-refractivity contribution is 0.0682. The summed E-state index contributed by atoms with van der Waals surface area (Å²) in [4.78, 5) is 14.8. The molecule has 0 aliphatic heterocycles. The zero-order valence-corrected chi connectivity index (χ0v) is 9.35. The average molecular weight is 271 g/mol. The van der Waals surface area contributed by atoms with Crippen LogP contribution in [-0.2, 0) is 0 Å². The van der Waals surface area contributed by atoms with Crippen molar-refractivity contribution >= 4 is 27.4 Å². The van der Waals surface area contributed by atoms with E-state index in [1.54, 1.807) is 18.3 Å². The molecule has 0 radical (unpaired) electrons. The Labute approximate surface area is 93.4 Å². The van der Waals surface area contributed by atoms with Crippen LogP contribution >= 0.6 is 15.9 Å². The summed E-state index contributed by atoms with van der Waals surface area (Å²) in [6.45, 7) is 0. The van der Waals surface area contributed by atoms with Crippen LogP contribution in [-0.4, -0.2) is 27.6 Å². The van der Waals surface area contributed by atoms with E-state index >= 15 is 0 Å². The predicted octanol–water partition coefficient (Wildman–Crippen LogP) is 1.80. The summed E-state index contributed by atoms with van der Waals surface area (Å²) in [6.07, 6.45) is 1.62. The van der Waals surface area contributed by atoms with E-state index in [0.29, 0.717) is 15.9 Å². The first-order valence-electron chi connectivity index (χ1n) is 4.09. The van der Waals surface area contributed by atoms with Gasteiger partial charge in [0, 0.05) is 6.20 Å². The fourth-order valence-corrected chi connectivity index (χ4v) is 1.94. The number of aromatic carboxylic acids is 1. The molecule has 78 valence electrons. The number of carboxylic acid groups (broad SMARTS) is 1. The van der Waals surface area contributed by atoms with Gasteiger partial charge in [-0.15, -0.1) is 0 Å². The standard InChI is InChI=1S/C9H7BrN2O3/c1-15-5-3-2-4-12-6(5)7(10)11-8(12)9(13)14/h2-4H,1H3,(H,13,14).